The molecule has 0 atom stereocenters. The van der Waals surface area contributed by atoms with Crippen LogP contribution in [0.5, 0.6) is 0 Å². The van der Waals surface area contributed by atoms with Crippen molar-refractivity contribution >= 4 is 23.4 Å². The number of hydrogen-bond donors (Lipinski definition) is 2. The van der Waals surface area contributed by atoms with Gasteiger partial charge in [0.25, 0.3) is 0 Å². The van der Waals surface area contributed by atoms with Gasteiger partial charge >= 0.3 is 12.1 Å². The van der Waals surface area contributed by atoms with Crippen LogP contribution in [0.25, 0.3) is 0 Å². The third-order valence-electron chi connectivity index (χ3n) is 3.32. The molecule has 1 heterocycles. The van der Waals surface area contributed by atoms with E-state index in [9.17, 15) is 9.59 Å². The molecular formula is C14H20N4O2. The van der Waals surface area contributed by atoms with Gasteiger partial charge in [-0.25, -0.2) is 9.59 Å². The number of carbonyl (C=O) groups is 2. The summed E-state index contributed by atoms with van der Waals surface area (Å²) < 4.78 is 0. The van der Waals surface area contributed by atoms with Gasteiger partial charge in [-0.05, 0) is 32.0 Å². The minimum Gasteiger partial charge on any atom is -0.336 e. The summed E-state index contributed by atoms with van der Waals surface area (Å²) in [4.78, 5) is 27.0. The molecule has 0 aromatic heterocycles. The standard InChI is InChI=1S/C14H20N4O2/c1-3-17(4-2)14(20)16-11-6-5-7-12(10-11)18-9-8-15-13(18)19/h5-7,10H,3-4,8-9H2,1-2H3,(H,15,19)(H,16,20). The highest BCUT2D eigenvalue weighted by Gasteiger charge is 2.21. The van der Waals surface area contributed by atoms with Crippen LogP contribution in [0.15, 0.2) is 24.3 Å². The van der Waals surface area contributed by atoms with Gasteiger partial charge in [-0.3, -0.25) is 4.90 Å². The highest BCUT2D eigenvalue weighted by atomic mass is 16.2. The Kier molecular flexibility index (Phi) is 4.45. The quantitative estimate of drug-likeness (QED) is 0.884. The molecule has 0 radical (unpaired) electrons. The van der Waals surface area contributed by atoms with Crippen LogP contribution < -0.4 is 15.5 Å². The normalized spacial score (nSPS) is 14.1. The van der Waals surface area contributed by atoms with Crippen molar-refractivity contribution in [3.8, 4) is 0 Å². The second-order valence-electron chi connectivity index (χ2n) is 4.54. The molecule has 4 amide bonds. The zero-order chi connectivity index (χ0) is 14.5. The van der Waals surface area contributed by atoms with E-state index in [0.717, 1.165) is 5.69 Å². The topological polar surface area (TPSA) is 64.7 Å². The number of carbonyl (C=O) groups excluding carboxylic acids is 2. The molecule has 0 bridgehead atoms. The lowest BCUT2D eigenvalue weighted by Crippen LogP contribution is -2.34. The van der Waals surface area contributed by atoms with E-state index >= 15 is 0 Å². The molecule has 2 rings (SSSR count). The molecular weight excluding hydrogens is 256 g/mol. The minimum absolute atomic E-state index is 0.0998. The molecule has 1 aromatic rings. The fraction of sp³-hybridized carbons (Fsp3) is 0.429. The summed E-state index contributed by atoms with van der Waals surface area (Å²) in [7, 11) is 0. The maximum atomic E-state index is 12.0. The molecule has 0 aliphatic carbocycles. The van der Waals surface area contributed by atoms with Gasteiger partial charge in [0.05, 0.1) is 0 Å². The molecule has 2 N–H and O–H groups in total. The van der Waals surface area contributed by atoms with Crippen molar-refractivity contribution in [1.82, 2.24) is 10.2 Å². The molecule has 1 aliphatic rings. The molecule has 6 heteroatoms. The van der Waals surface area contributed by atoms with Crippen molar-refractivity contribution < 1.29 is 9.59 Å². The van der Waals surface area contributed by atoms with Crippen LogP contribution in [0.1, 0.15) is 13.8 Å². The zero-order valence-corrected chi connectivity index (χ0v) is 11.8. The molecule has 1 aromatic carbocycles. The number of anilines is 2. The molecule has 0 saturated carbocycles. The van der Waals surface area contributed by atoms with Crippen molar-refractivity contribution in [2.45, 2.75) is 13.8 Å². The number of urea groups is 2. The van der Waals surface area contributed by atoms with Gasteiger partial charge in [0.15, 0.2) is 0 Å². The van der Waals surface area contributed by atoms with Crippen molar-refractivity contribution in [2.24, 2.45) is 0 Å². The summed E-state index contributed by atoms with van der Waals surface area (Å²) >= 11 is 0. The molecule has 108 valence electrons. The van der Waals surface area contributed by atoms with Crippen LogP contribution in [-0.4, -0.2) is 43.1 Å². The van der Waals surface area contributed by atoms with E-state index < -0.39 is 0 Å². The Bertz CT molecular complexity index is 500. The van der Waals surface area contributed by atoms with Crippen molar-refractivity contribution in [2.75, 3.05) is 36.4 Å². The number of nitrogens with one attached hydrogen (secondary N) is 2. The number of amides is 4. The lowest BCUT2D eigenvalue weighted by atomic mass is 10.2. The number of hydrogen-bond acceptors (Lipinski definition) is 2. The Morgan fingerprint density at radius 3 is 2.75 bits per heavy atom. The second kappa shape index (κ2) is 6.27. The van der Waals surface area contributed by atoms with Crippen molar-refractivity contribution in [3.05, 3.63) is 24.3 Å². The van der Waals surface area contributed by atoms with Crippen molar-refractivity contribution in [3.63, 3.8) is 0 Å². The highest BCUT2D eigenvalue weighted by molar-refractivity contribution is 5.95. The van der Waals surface area contributed by atoms with E-state index in [1.807, 2.05) is 38.1 Å². The van der Waals surface area contributed by atoms with Crippen LogP contribution in [-0.2, 0) is 0 Å². The fourth-order valence-electron chi connectivity index (χ4n) is 2.18. The van der Waals surface area contributed by atoms with E-state index in [-0.39, 0.29) is 12.1 Å². The number of nitrogens with zero attached hydrogens (tertiary/aromatic N) is 2. The van der Waals surface area contributed by atoms with E-state index in [4.69, 9.17) is 0 Å². The van der Waals surface area contributed by atoms with Gasteiger partial charge in [0.2, 0.25) is 0 Å². The van der Waals surface area contributed by atoms with Crippen LogP contribution in [0.4, 0.5) is 21.0 Å². The third-order valence-corrected chi connectivity index (χ3v) is 3.32. The third kappa shape index (κ3) is 3.01. The summed E-state index contributed by atoms with van der Waals surface area (Å²) in [6.45, 7) is 6.50. The Labute approximate surface area is 118 Å². The van der Waals surface area contributed by atoms with E-state index in [1.54, 1.807) is 9.80 Å². The number of benzene rings is 1. The summed E-state index contributed by atoms with van der Waals surface area (Å²) in [5, 5.41) is 5.61. The predicted molar refractivity (Wildman–Crippen MR) is 79.1 cm³/mol. The Morgan fingerprint density at radius 2 is 2.15 bits per heavy atom. The Balaban J connectivity index is 2.10. The van der Waals surface area contributed by atoms with Crippen LogP contribution in [0.2, 0.25) is 0 Å². The van der Waals surface area contributed by atoms with Gasteiger partial charge in [0.1, 0.15) is 0 Å². The second-order valence-corrected chi connectivity index (χ2v) is 4.54. The van der Waals surface area contributed by atoms with Gasteiger partial charge in [0, 0.05) is 37.6 Å². The Hall–Kier alpha value is -2.24. The zero-order valence-electron chi connectivity index (χ0n) is 11.8. The first-order chi connectivity index (χ1) is 9.65. The Morgan fingerprint density at radius 1 is 1.40 bits per heavy atom. The average molecular weight is 276 g/mol. The first-order valence-electron chi connectivity index (χ1n) is 6.87. The van der Waals surface area contributed by atoms with Crippen LogP contribution in [0.3, 0.4) is 0 Å². The van der Waals surface area contributed by atoms with Gasteiger partial charge in [-0.1, -0.05) is 6.07 Å². The van der Waals surface area contributed by atoms with E-state index in [1.165, 1.54) is 0 Å². The molecule has 1 aliphatic heterocycles. The molecule has 1 fully saturated rings. The van der Waals surface area contributed by atoms with Crippen LogP contribution in [0, 0.1) is 0 Å². The summed E-state index contributed by atoms with van der Waals surface area (Å²) in [6, 6.07) is 7.09. The van der Waals surface area contributed by atoms with Gasteiger partial charge in [-0.2, -0.15) is 0 Å². The largest absolute Gasteiger partial charge is 0.336 e. The fourth-order valence-corrected chi connectivity index (χ4v) is 2.18. The van der Waals surface area contributed by atoms with Crippen molar-refractivity contribution in [1.29, 1.82) is 0 Å². The first kappa shape index (κ1) is 14.2. The predicted octanol–water partition coefficient (Wildman–Crippen LogP) is 2.09. The molecule has 6 nitrogen and oxygen atoms in total. The summed E-state index contributed by atoms with van der Waals surface area (Å²) in [5.74, 6) is 0. The average Bonchev–Trinajstić information content (AvgIpc) is 2.86. The maximum Gasteiger partial charge on any atom is 0.321 e. The smallest absolute Gasteiger partial charge is 0.321 e. The monoisotopic (exact) mass is 276 g/mol. The lowest BCUT2D eigenvalue weighted by molar-refractivity contribution is 0.217. The summed E-state index contributed by atoms with van der Waals surface area (Å²) in [6.07, 6.45) is 0. The summed E-state index contributed by atoms with van der Waals surface area (Å²) in [5.41, 5.74) is 1.48. The van der Waals surface area contributed by atoms with Gasteiger partial charge < -0.3 is 15.5 Å². The highest BCUT2D eigenvalue weighted by Crippen LogP contribution is 2.21. The molecule has 20 heavy (non-hydrogen) atoms. The minimum atomic E-state index is -0.127. The maximum absolute atomic E-state index is 12.0. The SMILES string of the molecule is CCN(CC)C(=O)Nc1cccc(N2CCNC2=O)c1. The molecule has 0 unspecified atom stereocenters. The first-order valence-corrected chi connectivity index (χ1v) is 6.87. The van der Waals surface area contributed by atoms with E-state index in [2.05, 4.69) is 10.6 Å². The van der Waals surface area contributed by atoms with E-state index in [0.29, 0.717) is 31.9 Å². The molecule has 1 saturated heterocycles. The van der Waals surface area contributed by atoms with Gasteiger partial charge in [-0.15, -0.1) is 0 Å². The molecule has 0 spiro atoms. The van der Waals surface area contributed by atoms with Crippen LogP contribution >= 0.6 is 0 Å². The lowest BCUT2D eigenvalue weighted by Gasteiger charge is -2.20. The number of rotatable bonds is 4.